The third-order valence-corrected chi connectivity index (χ3v) is 3.32. The van der Waals surface area contributed by atoms with Gasteiger partial charge in [0.25, 0.3) is 0 Å². The third-order valence-electron chi connectivity index (χ3n) is 3.32. The van der Waals surface area contributed by atoms with Crippen LogP contribution in [-0.2, 0) is 6.54 Å². The monoisotopic (exact) mass is 291 g/mol. The first-order valence-electron chi connectivity index (χ1n) is 7.66. The lowest BCUT2D eigenvalue weighted by molar-refractivity contribution is 0.297. The summed E-state index contributed by atoms with van der Waals surface area (Å²) in [4.78, 5) is 4.22. The molecule has 0 fully saturated rings. The average Bonchev–Trinajstić information content (AvgIpc) is 2.75. The summed E-state index contributed by atoms with van der Waals surface area (Å²) in [7, 11) is 1.79. The summed E-state index contributed by atoms with van der Waals surface area (Å²) in [6, 6.07) is 6.07. The molecule has 0 saturated heterocycles. The van der Waals surface area contributed by atoms with E-state index in [1.54, 1.807) is 7.05 Å². The number of hydrogen-bond acceptors (Lipinski definition) is 3. The highest BCUT2D eigenvalue weighted by Crippen LogP contribution is 2.30. The number of rotatable bonds is 5. The van der Waals surface area contributed by atoms with Gasteiger partial charge in [0.05, 0.1) is 13.2 Å². The molecule has 0 aromatic heterocycles. The molecule has 2 rings (SSSR count). The van der Waals surface area contributed by atoms with Crippen molar-refractivity contribution >= 4 is 5.96 Å². The van der Waals surface area contributed by atoms with E-state index in [4.69, 9.17) is 9.47 Å². The second-order valence-electron chi connectivity index (χ2n) is 5.04. The zero-order chi connectivity index (χ0) is 14.9. The fourth-order valence-corrected chi connectivity index (χ4v) is 2.11. The molecule has 1 aromatic carbocycles. The normalized spacial score (nSPS) is 14.5. The standard InChI is InChI=1S/C16H25N3O2/c1-3-4-8-18-16(17-2)19-12-13-6-7-14-15(11-13)21-10-5-9-20-14/h6-7,11H,3-5,8-10,12H2,1-2H3,(H2,17,18,19). The molecule has 0 spiro atoms. The molecule has 1 aliphatic heterocycles. The van der Waals surface area contributed by atoms with Gasteiger partial charge in [-0.3, -0.25) is 4.99 Å². The van der Waals surface area contributed by atoms with Crippen LogP contribution in [0.25, 0.3) is 0 Å². The topological polar surface area (TPSA) is 54.9 Å². The number of ether oxygens (including phenoxy) is 2. The van der Waals surface area contributed by atoms with Gasteiger partial charge in [0.2, 0.25) is 0 Å². The molecule has 0 saturated carbocycles. The Hall–Kier alpha value is -1.91. The van der Waals surface area contributed by atoms with Gasteiger partial charge in [-0.25, -0.2) is 0 Å². The van der Waals surface area contributed by atoms with Gasteiger partial charge in [-0.05, 0) is 24.1 Å². The van der Waals surface area contributed by atoms with Gasteiger partial charge in [-0.1, -0.05) is 19.4 Å². The average molecular weight is 291 g/mol. The van der Waals surface area contributed by atoms with E-state index in [9.17, 15) is 0 Å². The molecule has 0 aliphatic carbocycles. The van der Waals surface area contributed by atoms with Crippen molar-refractivity contribution in [2.75, 3.05) is 26.8 Å². The molecule has 0 amide bonds. The fraction of sp³-hybridized carbons (Fsp3) is 0.562. The Kier molecular flexibility index (Phi) is 6.19. The van der Waals surface area contributed by atoms with Crippen LogP contribution in [0.15, 0.2) is 23.2 Å². The van der Waals surface area contributed by atoms with Crippen LogP contribution in [0.5, 0.6) is 11.5 Å². The SMILES string of the molecule is CCCCNC(=NC)NCc1ccc2c(c1)OCCCO2. The van der Waals surface area contributed by atoms with E-state index in [0.29, 0.717) is 13.2 Å². The van der Waals surface area contributed by atoms with Gasteiger partial charge in [-0.15, -0.1) is 0 Å². The highest BCUT2D eigenvalue weighted by atomic mass is 16.5. The van der Waals surface area contributed by atoms with Crippen LogP contribution in [0.2, 0.25) is 0 Å². The van der Waals surface area contributed by atoms with Crippen LogP contribution >= 0.6 is 0 Å². The summed E-state index contributed by atoms with van der Waals surface area (Å²) in [6.45, 7) is 5.26. The lowest BCUT2D eigenvalue weighted by Crippen LogP contribution is -2.37. The summed E-state index contributed by atoms with van der Waals surface area (Å²) in [5.74, 6) is 2.50. The van der Waals surface area contributed by atoms with Crippen molar-refractivity contribution in [3.05, 3.63) is 23.8 Å². The minimum atomic E-state index is 0.711. The summed E-state index contributed by atoms with van der Waals surface area (Å²) in [5, 5.41) is 6.61. The number of nitrogens with one attached hydrogen (secondary N) is 2. The molecule has 21 heavy (non-hydrogen) atoms. The van der Waals surface area contributed by atoms with Crippen LogP contribution in [-0.4, -0.2) is 32.8 Å². The molecular weight excluding hydrogens is 266 g/mol. The predicted octanol–water partition coefficient (Wildman–Crippen LogP) is 2.31. The molecular formula is C16H25N3O2. The first-order chi connectivity index (χ1) is 10.3. The molecule has 0 bridgehead atoms. The molecule has 0 atom stereocenters. The zero-order valence-electron chi connectivity index (χ0n) is 12.9. The summed E-state index contributed by atoms with van der Waals surface area (Å²) in [6.07, 6.45) is 3.24. The number of guanidine groups is 1. The number of nitrogens with zero attached hydrogens (tertiary/aromatic N) is 1. The zero-order valence-corrected chi connectivity index (χ0v) is 12.9. The number of fused-ring (bicyclic) bond motifs is 1. The van der Waals surface area contributed by atoms with Gasteiger partial charge in [-0.2, -0.15) is 0 Å². The van der Waals surface area contributed by atoms with Crippen LogP contribution in [0.1, 0.15) is 31.7 Å². The molecule has 5 heteroatoms. The number of unbranched alkanes of at least 4 members (excludes halogenated alkanes) is 1. The highest BCUT2D eigenvalue weighted by Gasteiger charge is 2.10. The Morgan fingerprint density at radius 1 is 1.19 bits per heavy atom. The molecule has 1 aromatic rings. The van der Waals surface area contributed by atoms with Crippen molar-refractivity contribution in [3.8, 4) is 11.5 Å². The summed E-state index contributed by atoms with van der Waals surface area (Å²) in [5.41, 5.74) is 1.15. The summed E-state index contributed by atoms with van der Waals surface area (Å²) >= 11 is 0. The highest BCUT2D eigenvalue weighted by molar-refractivity contribution is 5.79. The van der Waals surface area contributed by atoms with Gasteiger partial charge in [0, 0.05) is 26.6 Å². The number of hydrogen-bond donors (Lipinski definition) is 2. The molecule has 1 aliphatic rings. The quantitative estimate of drug-likeness (QED) is 0.496. The lowest BCUT2D eigenvalue weighted by atomic mass is 10.2. The van der Waals surface area contributed by atoms with Crippen molar-refractivity contribution < 1.29 is 9.47 Å². The smallest absolute Gasteiger partial charge is 0.191 e. The van der Waals surface area contributed by atoms with Gasteiger partial charge in [0.15, 0.2) is 17.5 Å². The second-order valence-corrected chi connectivity index (χ2v) is 5.04. The van der Waals surface area contributed by atoms with E-state index < -0.39 is 0 Å². The largest absolute Gasteiger partial charge is 0.490 e. The predicted molar refractivity (Wildman–Crippen MR) is 85.2 cm³/mol. The Labute approximate surface area is 126 Å². The van der Waals surface area contributed by atoms with Crippen molar-refractivity contribution in [3.63, 3.8) is 0 Å². The first-order valence-corrected chi connectivity index (χ1v) is 7.66. The molecule has 0 radical (unpaired) electrons. The first kappa shape index (κ1) is 15.5. The maximum Gasteiger partial charge on any atom is 0.191 e. The Balaban J connectivity index is 1.89. The summed E-state index contributed by atoms with van der Waals surface area (Å²) < 4.78 is 11.3. The molecule has 5 nitrogen and oxygen atoms in total. The minimum absolute atomic E-state index is 0.711. The van der Waals surface area contributed by atoms with Crippen LogP contribution in [0.4, 0.5) is 0 Å². The third kappa shape index (κ3) is 4.85. The maximum atomic E-state index is 5.70. The van der Waals surface area contributed by atoms with Gasteiger partial charge in [0.1, 0.15) is 0 Å². The molecule has 116 valence electrons. The Morgan fingerprint density at radius 3 is 2.76 bits per heavy atom. The minimum Gasteiger partial charge on any atom is -0.490 e. The molecule has 0 unspecified atom stereocenters. The van der Waals surface area contributed by atoms with E-state index in [1.165, 1.54) is 6.42 Å². The van der Waals surface area contributed by atoms with E-state index in [1.807, 2.05) is 12.1 Å². The molecule has 1 heterocycles. The maximum absolute atomic E-state index is 5.70. The fourth-order valence-electron chi connectivity index (χ4n) is 2.11. The van der Waals surface area contributed by atoms with Crippen LogP contribution in [0.3, 0.4) is 0 Å². The van der Waals surface area contributed by atoms with Crippen LogP contribution < -0.4 is 20.1 Å². The second kappa shape index (κ2) is 8.39. The Morgan fingerprint density at radius 2 is 2.00 bits per heavy atom. The van der Waals surface area contributed by atoms with Gasteiger partial charge >= 0.3 is 0 Å². The van der Waals surface area contributed by atoms with Gasteiger partial charge < -0.3 is 20.1 Å². The van der Waals surface area contributed by atoms with E-state index in [2.05, 4.69) is 28.6 Å². The molecule has 2 N–H and O–H groups in total. The van der Waals surface area contributed by atoms with Crippen LogP contribution in [0, 0.1) is 0 Å². The number of benzene rings is 1. The van der Waals surface area contributed by atoms with Crippen molar-refractivity contribution in [1.29, 1.82) is 0 Å². The number of aliphatic imine (C=N–C) groups is 1. The van der Waals surface area contributed by atoms with E-state index in [-0.39, 0.29) is 0 Å². The van der Waals surface area contributed by atoms with E-state index in [0.717, 1.165) is 49.0 Å². The van der Waals surface area contributed by atoms with Crippen molar-refractivity contribution in [1.82, 2.24) is 10.6 Å². The van der Waals surface area contributed by atoms with Crippen molar-refractivity contribution in [2.45, 2.75) is 32.7 Å². The van der Waals surface area contributed by atoms with Crippen molar-refractivity contribution in [2.24, 2.45) is 4.99 Å². The Bertz CT molecular complexity index is 475. The van der Waals surface area contributed by atoms with E-state index >= 15 is 0 Å². The lowest BCUT2D eigenvalue weighted by Gasteiger charge is -2.13.